The number of amides is 1. The summed E-state index contributed by atoms with van der Waals surface area (Å²) in [5.74, 6) is 0.489. The molecule has 0 fully saturated rings. The number of ether oxygens (including phenoxy) is 1. The standard InChI is InChI=1S/C16H15ClN2O2/c1-10-6-7-11(8-12(10)17)19-16(20)15-9-18-13-4-2-3-5-14(13)21-15/h2-8,15,18H,9H2,1H3,(H,19,20). The summed E-state index contributed by atoms with van der Waals surface area (Å²) in [6.45, 7) is 2.35. The average Bonchev–Trinajstić information content (AvgIpc) is 2.50. The molecule has 1 aliphatic heterocycles. The fourth-order valence-corrected chi connectivity index (χ4v) is 2.33. The first-order valence-corrected chi connectivity index (χ1v) is 7.08. The molecule has 0 saturated heterocycles. The first-order valence-electron chi connectivity index (χ1n) is 6.70. The highest BCUT2D eigenvalue weighted by Crippen LogP contribution is 2.28. The summed E-state index contributed by atoms with van der Waals surface area (Å²) in [6, 6.07) is 13.0. The van der Waals surface area contributed by atoms with Gasteiger partial charge < -0.3 is 15.4 Å². The third kappa shape index (κ3) is 2.95. The summed E-state index contributed by atoms with van der Waals surface area (Å²) in [4.78, 5) is 12.3. The van der Waals surface area contributed by atoms with Crippen LogP contribution in [-0.2, 0) is 4.79 Å². The molecule has 0 saturated carbocycles. The third-order valence-corrected chi connectivity index (χ3v) is 3.77. The van der Waals surface area contributed by atoms with E-state index in [2.05, 4.69) is 10.6 Å². The van der Waals surface area contributed by atoms with Crippen LogP contribution in [0.5, 0.6) is 5.75 Å². The summed E-state index contributed by atoms with van der Waals surface area (Å²) >= 11 is 6.06. The molecule has 1 heterocycles. The van der Waals surface area contributed by atoms with Crippen molar-refractivity contribution in [2.45, 2.75) is 13.0 Å². The molecule has 4 nitrogen and oxygen atoms in total. The molecule has 2 aromatic carbocycles. The van der Waals surface area contributed by atoms with Crippen LogP contribution in [0.25, 0.3) is 0 Å². The Morgan fingerprint density at radius 1 is 1.33 bits per heavy atom. The summed E-state index contributed by atoms with van der Waals surface area (Å²) in [6.07, 6.45) is -0.569. The summed E-state index contributed by atoms with van der Waals surface area (Å²) in [7, 11) is 0. The Hall–Kier alpha value is -2.20. The molecule has 0 radical (unpaired) electrons. The van der Waals surface area contributed by atoms with Crippen LogP contribution in [-0.4, -0.2) is 18.6 Å². The molecule has 1 amide bonds. The lowest BCUT2D eigenvalue weighted by atomic mass is 10.2. The van der Waals surface area contributed by atoms with Crippen LogP contribution in [0.2, 0.25) is 5.02 Å². The second-order valence-electron chi connectivity index (χ2n) is 4.94. The first-order chi connectivity index (χ1) is 10.1. The number of rotatable bonds is 2. The fourth-order valence-electron chi connectivity index (χ4n) is 2.15. The zero-order valence-corrected chi connectivity index (χ0v) is 12.3. The van der Waals surface area contributed by atoms with Gasteiger partial charge in [-0.25, -0.2) is 0 Å². The second-order valence-corrected chi connectivity index (χ2v) is 5.34. The summed E-state index contributed by atoms with van der Waals surface area (Å²) in [5.41, 5.74) is 2.54. The molecule has 0 spiro atoms. The van der Waals surface area contributed by atoms with Crippen LogP contribution in [0.4, 0.5) is 11.4 Å². The van der Waals surface area contributed by atoms with Gasteiger partial charge >= 0.3 is 0 Å². The van der Waals surface area contributed by atoms with Gasteiger partial charge in [-0.15, -0.1) is 0 Å². The number of nitrogens with one attached hydrogen (secondary N) is 2. The van der Waals surface area contributed by atoms with Crippen molar-refractivity contribution < 1.29 is 9.53 Å². The average molecular weight is 303 g/mol. The number of anilines is 2. The molecule has 5 heteroatoms. The molecule has 3 rings (SSSR count). The smallest absolute Gasteiger partial charge is 0.267 e. The molecule has 108 valence electrons. The van der Waals surface area contributed by atoms with Gasteiger partial charge in [-0.2, -0.15) is 0 Å². The minimum Gasteiger partial charge on any atom is -0.477 e. The number of aryl methyl sites for hydroxylation is 1. The Morgan fingerprint density at radius 2 is 2.14 bits per heavy atom. The van der Waals surface area contributed by atoms with Gasteiger partial charge in [0.15, 0.2) is 6.10 Å². The van der Waals surface area contributed by atoms with Crippen molar-refractivity contribution in [2.24, 2.45) is 0 Å². The highest BCUT2D eigenvalue weighted by atomic mass is 35.5. The van der Waals surface area contributed by atoms with E-state index >= 15 is 0 Å². The largest absolute Gasteiger partial charge is 0.477 e. The maximum Gasteiger partial charge on any atom is 0.267 e. The molecule has 0 aromatic heterocycles. The van der Waals surface area contributed by atoms with Crippen molar-refractivity contribution in [3.8, 4) is 5.75 Å². The van der Waals surface area contributed by atoms with E-state index in [1.54, 1.807) is 6.07 Å². The van der Waals surface area contributed by atoms with Gasteiger partial charge in [-0.3, -0.25) is 4.79 Å². The Morgan fingerprint density at radius 3 is 2.95 bits per heavy atom. The van der Waals surface area contributed by atoms with Crippen LogP contribution >= 0.6 is 11.6 Å². The molecule has 21 heavy (non-hydrogen) atoms. The summed E-state index contributed by atoms with van der Waals surface area (Å²) in [5, 5.41) is 6.64. The zero-order valence-electron chi connectivity index (χ0n) is 11.5. The van der Waals surface area contributed by atoms with Crippen LogP contribution < -0.4 is 15.4 Å². The van der Waals surface area contributed by atoms with Crippen molar-refractivity contribution in [1.29, 1.82) is 0 Å². The molecule has 0 aliphatic carbocycles. The topological polar surface area (TPSA) is 50.4 Å². The van der Waals surface area contributed by atoms with Gasteiger partial charge in [0.05, 0.1) is 12.2 Å². The Balaban J connectivity index is 1.70. The quantitative estimate of drug-likeness (QED) is 0.893. The van der Waals surface area contributed by atoms with Crippen molar-refractivity contribution in [3.63, 3.8) is 0 Å². The van der Waals surface area contributed by atoms with Gasteiger partial charge in [-0.1, -0.05) is 29.8 Å². The number of fused-ring (bicyclic) bond motifs is 1. The van der Waals surface area contributed by atoms with E-state index in [0.29, 0.717) is 23.0 Å². The van der Waals surface area contributed by atoms with E-state index < -0.39 is 6.10 Å². The van der Waals surface area contributed by atoms with E-state index in [0.717, 1.165) is 11.3 Å². The van der Waals surface area contributed by atoms with Crippen LogP contribution in [0.3, 0.4) is 0 Å². The van der Waals surface area contributed by atoms with Gasteiger partial charge in [0.25, 0.3) is 5.91 Å². The predicted octanol–water partition coefficient (Wildman–Crippen LogP) is 3.46. The van der Waals surface area contributed by atoms with Crippen LogP contribution in [0, 0.1) is 6.92 Å². The van der Waals surface area contributed by atoms with Gasteiger partial charge in [-0.05, 0) is 36.8 Å². The van der Waals surface area contributed by atoms with Crippen LogP contribution in [0.15, 0.2) is 42.5 Å². The van der Waals surface area contributed by atoms with E-state index in [1.165, 1.54) is 0 Å². The van der Waals surface area contributed by atoms with E-state index in [-0.39, 0.29) is 5.91 Å². The number of carbonyl (C=O) groups is 1. The third-order valence-electron chi connectivity index (χ3n) is 3.37. The predicted molar refractivity (Wildman–Crippen MR) is 84.2 cm³/mol. The van der Waals surface area contributed by atoms with Crippen LogP contribution in [0.1, 0.15) is 5.56 Å². The lowest BCUT2D eigenvalue weighted by Gasteiger charge is -2.26. The second kappa shape index (κ2) is 5.66. The van der Waals surface area contributed by atoms with Gasteiger partial charge in [0.1, 0.15) is 5.75 Å². The maximum absolute atomic E-state index is 12.3. The Labute approximate surface area is 128 Å². The Bertz CT molecular complexity index is 688. The minimum absolute atomic E-state index is 0.197. The summed E-state index contributed by atoms with van der Waals surface area (Å²) < 4.78 is 5.71. The molecular formula is C16H15ClN2O2. The number of halogens is 1. The van der Waals surface area contributed by atoms with E-state index in [9.17, 15) is 4.79 Å². The number of para-hydroxylation sites is 2. The number of carbonyl (C=O) groups excluding carboxylic acids is 1. The first kappa shape index (κ1) is 13.8. The van der Waals surface area contributed by atoms with E-state index in [4.69, 9.17) is 16.3 Å². The molecule has 1 unspecified atom stereocenters. The van der Waals surface area contributed by atoms with Crippen molar-refractivity contribution in [1.82, 2.24) is 0 Å². The normalized spacial score (nSPS) is 16.4. The molecule has 2 aromatic rings. The molecule has 1 aliphatic rings. The SMILES string of the molecule is Cc1ccc(NC(=O)C2CNc3ccccc3O2)cc1Cl. The Kier molecular flexibility index (Phi) is 3.71. The highest BCUT2D eigenvalue weighted by molar-refractivity contribution is 6.31. The molecule has 1 atom stereocenters. The zero-order chi connectivity index (χ0) is 14.8. The minimum atomic E-state index is -0.569. The number of hydrogen-bond acceptors (Lipinski definition) is 3. The monoisotopic (exact) mass is 302 g/mol. The fraction of sp³-hybridized carbons (Fsp3) is 0.188. The maximum atomic E-state index is 12.3. The lowest BCUT2D eigenvalue weighted by Crippen LogP contribution is -2.41. The van der Waals surface area contributed by atoms with E-state index in [1.807, 2.05) is 43.3 Å². The van der Waals surface area contributed by atoms with Gasteiger partial charge in [0, 0.05) is 10.7 Å². The van der Waals surface area contributed by atoms with Crippen molar-refractivity contribution in [3.05, 3.63) is 53.1 Å². The van der Waals surface area contributed by atoms with Crippen molar-refractivity contribution >= 4 is 28.9 Å². The van der Waals surface area contributed by atoms with Gasteiger partial charge in [0.2, 0.25) is 0 Å². The molecule has 0 bridgehead atoms. The highest BCUT2D eigenvalue weighted by Gasteiger charge is 2.25. The van der Waals surface area contributed by atoms with Crippen molar-refractivity contribution in [2.75, 3.05) is 17.2 Å². The number of benzene rings is 2. The number of hydrogen-bond donors (Lipinski definition) is 2. The molecular weight excluding hydrogens is 288 g/mol. The lowest BCUT2D eigenvalue weighted by molar-refractivity contribution is -0.122. The molecule has 2 N–H and O–H groups in total.